The summed E-state index contributed by atoms with van der Waals surface area (Å²) >= 11 is 0. The van der Waals surface area contributed by atoms with Crippen molar-refractivity contribution in [2.75, 3.05) is 13.7 Å². The Morgan fingerprint density at radius 2 is 2.05 bits per heavy atom. The molecule has 0 spiro atoms. The molecule has 0 aliphatic heterocycles. The molecule has 0 atom stereocenters. The summed E-state index contributed by atoms with van der Waals surface area (Å²) in [4.78, 5) is 4.43. The lowest BCUT2D eigenvalue weighted by Gasteiger charge is -2.23. The highest BCUT2D eigenvalue weighted by atomic mass is 16.5. The summed E-state index contributed by atoms with van der Waals surface area (Å²) in [6.07, 6.45) is 6.27. The lowest BCUT2D eigenvalue weighted by atomic mass is 9.96. The van der Waals surface area contributed by atoms with Gasteiger partial charge in [-0.25, -0.2) is 4.99 Å². The number of nitrogens with two attached hydrogens (primary N) is 1. The number of hydrogen-bond acceptors (Lipinski definition) is 3. The van der Waals surface area contributed by atoms with E-state index in [-0.39, 0.29) is 0 Å². The zero-order chi connectivity index (χ0) is 15.8. The molecule has 0 radical (unpaired) electrons. The van der Waals surface area contributed by atoms with Crippen LogP contribution >= 0.6 is 0 Å². The molecule has 0 saturated heterocycles. The molecular formula is C17H27N3O2. The number of rotatable bonds is 6. The van der Waals surface area contributed by atoms with Gasteiger partial charge in [0.15, 0.2) is 17.5 Å². The molecule has 22 heavy (non-hydrogen) atoms. The standard InChI is InChI=1S/C17H27N3O2/c1-3-22-16-11-13(9-10-15(16)21-2)12-19-17(18)20-14-7-5-4-6-8-14/h9-11,14H,3-8,12H2,1-2H3,(H3,18,19,20). The molecule has 0 unspecified atom stereocenters. The number of nitrogens with zero attached hydrogens (tertiary/aromatic N) is 1. The van der Waals surface area contributed by atoms with Crippen LogP contribution in [0.1, 0.15) is 44.6 Å². The zero-order valence-electron chi connectivity index (χ0n) is 13.6. The lowest BCUT2D eigenvalue weighted by molar-refractivity contribution is 0.310. The summed E-state index contributed by atoms with van der Waals surface area (Å²) in [5.74, 6) is 2.01. The molecule has 1 fully saturated rings. The normalized spacial score (nSPS) is 16.4. The Hall–Kier alpha value is -1.91. The second-order valence-corrected chi connectivity index (χ2v) is 5.60. The van der Waals surface area contributed by atoms with Gasteiger partial charge in [0, 0.05) is 6.04 Å². The van der Waals surface area contributed by atoms with Crippen LogP contribution < -0.4 is 20.5 Å². The number of ether oxygens (including phenoxy) is 2. The first kappa shape index (κ1) is 16.5. The van der Waals surface area contributed by atoms with Gasteiger partial charge in [0.2, 0.25) is 0 Å². The van der Waals surface area contributed by atoms with E-state index >= 15 is 0 Å². The second-order valence-electron chi connectivity index (χ2n) is 5.60. The summed E-state index contributed by atoms with van der Waals surface area (Å²) in [7, 11) is 1.64. The number of nitrogens with one attached hydrogen (secondary N) is 1. The van der Waals surface area contributed by atoms with Gasteiger partial charge in [0.25, 0.3) is 0 Å². The minimum atomic E-state index is 0.479. The van der Waals surface area contributed by atoms with Crippen molar-refractivity contribution in [2.24, 2.45) is 10.7 Å². The predicted molar refractivity (Wildman–Crippen MR) is 89.5 cm³/mol. The van der Waals surface area contributed by atoms with Crippen molar-refractivity contribution in [3.63, 3.8) is 0 Å². The Bertz CT molecular complexity index is 497. The van der Waals surface area contributed by atoms with Crippen LogP contribution in [-0.2, 0) is 6.54 Å². The Morgan fingerprint density at radius 1 is 1.27 bits per heavy atom. The fraction of sp³-hybridized carbons (Fsp3) is 0.588. The Balaban J connectivity index is 1.94. The fourth-order valence-electron chi connectivity index (χ4n) is 2.77. The molecule has 3 N–H and O–H groups in total. The van der Waals surface area contributed by atoms with Gasteiger partial charge in [-0.1, -0.05) is 25.3 Å². The van der Waals surface area contributed by atoms with E-state index in [1.165, 1.54) is 32.1 Å². The zero-order valence-corrected chi connectivity index (χ0v) is 13.6. The molecule has 0 bridgehead atoms. The number of methoxy groups -OCH3 is 1. The van der Waals surface area contributed by atoms with Crippen LogP contribution in [0.5, 0.6) is 11.5 Å². The quantitative estimate of drug-likeness (QED) is 0.626. The molecule has 1 aromatic carbocycles. The molecule has 0 amide bonds. The summed E-state index contributed by atoms with van der Waals surface area (Å²) in [5, 5.41) is 3.32. The van der Waals surface area contributed by atoms with Crippen LogP contribution in [0.25, 0.3) is 0 Å². The molecule has 1 aliphatic carbocycles. The predicted octanol–water partition coefficient (Wildman–Crippen LogP) is 2.83. The summed E-state index contributed by atoms with van der Waals surface area (Å²) in [5.41, 5.74) is 7.04. The van der Waals surface area contributed by atoms with Crippen LogP contribution in [-0.4, -0.2) is 25.7 Å². The van der Waals surface area contributed by atoms with E-state index in [2.05, 4.69) is 10.3 Å². The molecule has 5 nitrogen and oxygen atoms in total. The number of hydrogen-bond donors (Lipinski definition) is 2. The van der Waals surface area contributed by atoms with E-state index in [9.17, 15) is 0 Å². The third-order valence-corrected chi connectivity index (χ3v) is 3.92. The molecule has 1 saturated carbocycles. The number of aliphatic imine (C=N–C) groups is 1. The average Bonchev–Trinajstić information content (AvgIpc) is 2.54. The first-order valence-electron chi connectivity index (χ1n) is 8.09. The second kappa shape index (κ2) is 8.51. The largest absolute Gasteiger partial charge is 0.493 e. The van der Waals surface area contributed by atoms with E-state index in [0.29, 0.717) is 25.2 Å². The van der Waals surface area contributed by atoms with E-state index in [1.54, 1.807) is 7.11 Å². The Morgan fingerprint density at radius 3 is 2.73 bits per heavy atom. The molecule has 2 rings (SSSR count). The molecule has 0 aromatic heterocycles. The number of benzene rings is 1. The lowest BCUT2D eigenvalue weighted by Crippen LogP contribution is -2.41. The SMILES string of the molecule is CCOc1cc(CN=C(N)NC2CCCCC2)ccc1OC. The van der Waals surface area contributed by atoms with Gasteiger partial charge < -0.3 is 20.5 Å². The topological polar surface area (TPSA) is 68.9 Å². The van der Waals surface area contributed by atoms with Crippen molar-refractivity contribution >= 4 is 5.96 Å². The van der Waals surface area contributed by atoms with E-state index in [1.807, 2.05) is 25.1 Å². The molecular weight excluding hydrogens is 278 g/mol. The van der Waals surface area contributed by atoms with Crippen LogP contribution in [0.3, 0.4) is 0 Å². The van der Waals surface area contributed by atoms with Gasteiger partial charge in [-0.2, -0.15) is 0 Å². The van der Waals surface area contributed by atoms with Crippen molar-refractivity contribution < 1.29 is 9.47 Å². The van der Waals surface area contributed by atoms with Gasteiger partial charge in [0.05, 0.1) is 20.3 Å². The maximum atomic E-state index is 5.99. The van der Waals surface area contributed by atoms with Gasteiger partial charge in [0.1, 0.15) is 0 Å². The van der Waals surface area contributed by atoms with Crippen molar-refractivity contribution in [1.29, 1.82) is 0 Å². The smallest absolute Gasteiger partial charge is 0.189 e. The van der Waals surface area contributed by atoms with Crippen LogP contribution in [0.4, 0.5) is 0 Å². The van der Waals surface area contributed by atoms with E-state index in [4.69, 9.17) is 15.2 Å². The van der Waals surface area contributed by atoms with Crippen molar-refractivity contribution in [2.45, 2.75) is 51.6 Å². The minimum Gasteiger partial charge on any atom is -0.493 e. The third-order valence-electron chi connectivity index (χ3n) is 3.92. The summed E-state index contributed by atoms with van der Waals surface area (Å²) in [6.45, 7) is 3.10. The molecule has 1 aliphatic rings. The van der Waals surface area contributed by atoms with Crippen molar-refractivity contribution in [1.82, 2.24) is 5.32 Å². The maximum Gasteiger partial charge on any atom is 0.189 e. The molecule has 1 aromatic rings. The Kier molecular flexibility index (Phi) is 6.37. The van der Waals surface area contributed by atoms with Crippen molar-refractivity contribution in [3.05, 3.63) is 23.8 Å². The minimum absolute atomic E-state index is 0.479. The maximum absolute atomic E-state index is 5.99. The molecule has 5 heteroatoms. The van der Waals surface area contributed by atoms with Gasteiger partial charge in [-0.05, 0) is 37.5 Å². The van der Waals surface area contributed by atoms with Crippen LogP contribution in [0, 0.1) is 0 Å². The van der Waals surface area contributed by atoms with Crippen LogP contribution in [0.15, 0.2) is 23.2 Å². The summed E-state index contributed by atoms with van der Waals surface area (Å²) in [6, 6.07) is 6.33. The van der Waals surface area contributed by atoms with E-state index < -0.39 is 0 Å². The highest BCUT2D eigenvalue weighted by Gasteiger charge is 2.13. The average molecular weight is 305 g/mol. The summed E-state index contributed by atoms with van der Waals surface area (Å²) < 4.78 is 10.9. The highest BCUT2D eigenvalue weighted by molar-refractivity contribution is 5.78. The molecule has 122 valence electrons. The Labute approximate surface area is 132 Å². The fourth-order valence-corrected chi connectivity index (χ4v) is 2.77. The van der Waals surface area contributed by atoms with Gasteiger partial charge >= 0.3 is 0 Å². The van der Waals surface area contributed by atoms with E-state index in [0.717, 1.165) is 17.1 Å². The first-order valence-corrected chi connectivity index (χ1v) is 8.09. The number of guanidine groups is 1. The van der Waals surface area contributed by atoms with Crippen molar-refractivity contribution in [3.8, 4) is 11.5 Å². The van der Waals surface area contributed by atoms with Gasteiger partial charge in [-0.3, -0.25) is 0 Å². The van der Waals surface area contributed by atoms with Crippen LogP contribution in [0.2, 0.25) is 0 Å². The third kappa shape index (κ3) is 4.83. The van der Waals surface area contributed by atoms with Gasteiger partial charge in [-0.15, -0.1) is 0 Å². The highest BCUT2D eigenvalue weighted by Crippen LogP contribution is 2.28. The molecule has 0 heterocycles. The monoisotopic (exact) mass is 305 g/mol. The first-order chi connectivity index (χ1) is 10.7.